The molecule has 0 saturated heterocycles. The first kappa shape index (κ1) is 23.0. The number of hydrogen-bond acceptors (Lipinski definition) is 6. The molecule has 1 amide bonds. The second-order valence-electron chi connectivity index (χ2n) is 8.27. The molecule has 8 nitrogen and oxygen atoms in total. The van der Waals surface area contributed by atoms with E-state index in [1.54, 1.807) is 38.1 Å². The maximum Gasteiger partial charge on any atom is 0.263 e. The molecule has 1 N–H and O–H groups in total. The summed E-state index contributed by atoms with van der Waals surface area (Å²) in [6.07, 6.45) is 1.42. The van der Waals surface area contributed by atoms with Crippen molar-refractivity contribution >= 4 is 22.6 Å². The molecule has 5 aromatic rings. The van der Waals surface area contributed by atoms with Crippen molar-refractivity contribution < 1.29 is 18.1 Å². The highest BCUT2D eigenvalue weighted by atomic mass is 19.1. The van der Waals surface area contributed by atoms with Crippen LogP contribution in [0.2, 0.25) is 0 Å². The first-order valence-corrected chi connectivity index (χ1v) is 11.0. The largest absolute Gasteiger partial charge is 0.333 e. The Kier molecular flexibility index (Phi) is 5.85. The van der Waals surface area contributed by atoms with E-state index in [0.717, 1.165) is 0 Å². The molecular formula is C26H19F2N5O3. The van der Waals surface area contributed by atoms with Crippen molar-refractivity contribution in [3.05, 3.63) is 93.9 Å². The van der Waals surface area contributed by atoms with Crippen LogP contribution in [-0.2, 0) is 11.3 Å². The summed E-state index contributed by atoms with van der Waals surface area (Å²) in [5.41, 5.74) is 1.90. The summed E-state index contributed by atoms with van der Waals surface area (Å²) in [6, 6.07) is 13.2. The summed E-state index contributed by atoms with van der Waals surface area (Å²) in [5.74, 6) is -1.17. The first-order chi connectivity index (χ1) is 17.3. The zero-order valence-corrected chi connectivity index (χ0v) is 19.3. The molecule has 0 aliphatic heterocycles. The van der Waals surface area contributed by atoms with Gasteiger partial charge in [-0.15, -0.1) is 0 Å². The molecule has 0 fully saturated rings. The minimum absolute atomic E-state index is 0.0587. The summed E-state index contributed by atoms with van der Waals surface area (Å²) in [6.45, 7) is 3.18. The minimum atomic E-state index is -0.449. The topological polar surface area (TPSA) is 103 Å². The number of aryl methyl sites for hydroxylation is 2. The maximum atomic E-state index is 13.9. The number of benzene rings is 2. The number of nitrogens with one attached hydrogen (secondary N) is 1. The van der Waals surface area contributed by atoms with E-state index in [1.165, 1.54) is 41.1 Å². The molecule has 0 unspecified atom stereocenters. The highest BCUT2D eigenvalue weighted by molar-refractivity contribution is 5.92. The van der Waals surface area contributed by atoms with Gasteiger partial charge in [-0.3, -0.25) is 9.59 Å². The van der Waals surface area contributed by atoms with Crippen LogP contribution in [0.4, 0.5) is 14.5 Å². The second-order valence-corrected chi connectivity index (χ2v) is 8.27. The first-order valence-electron chi connectivity index (χ1n) is 11.0. The molecule has 0 aliphatic rings. The van der Waals surface area contributed by atoms with Gasteiger partial charge in [0.05, 0.1) is 5.39 Å². The Balaban J connectivity index is 1.54. The highest BCUT2D eigenvalue weighted by Crippen LogP contribution is 2.23. The Hall–Kier alpha value is -4.73. The molecule has 10 heteroatoms. The quantitative estimate of drug-likeness (QED) is 0.387. The fraction of sp³-hybridized carbons (Fsp3) is 0.115. The van der Waals surface area contributed by atoms with Crippen molar-refractivity contribution in [2.75, 3.05) is 5.32 Å². The number of fused-ring (bicyclic) bond motifs is 1. The van der Waals surface area contributed by atoms with E-state index in [-0.39, 0.29) is 29.2 Å². The van der Waals surface area contributed by atoms with Crippen LogP contribution < -0.4 is 10.7 Å². The van der Waals surface area contributed by atoms with Gasteiger partial charge in [0.15, 0.2) is 0 Å². The molecule has 180 valence electrons. The summed E-state index contributed by atoms with van der Waals surface area (Å²) < 4.78 is 34.0. The molecule has 0 aliphatic carbocycles. The third-order valence-corrected chi connectivity index (χ3v) is 5.59. The average molecular weight is 487 g/mol. The molecule has 0 spiro atoms. The van der Waals surface area contributed by atoms with E-state index in [2.05, 4.69) is 20.4 Å². The maximum absolute atomic E-state index is 13.9. The van der Waals surface area contributed by atoms with Crippen LogP contribution in [0.1, 0.15) is 11.3 Å². The van der Waals surface area contributed by atoms with Crippen molar-refractivity contribution in [3.63, 3.8) is 0 Å². The predicted molar refractivity (Wildman–Crippen MR) is 129 cm³/mol. The monoisotopic (exact) mass is 487 g/mol. The average Bonchev–Trinajstić information content (AvgIpc) is 3.33. The van der Waals surface area contributed by atoms with Gasteiger partial charge in [0.25, 0.3) is 5.89 Å². The Morgan fingerprint density at radius 1 is 1.03 bits per heavy atom. The smallest absolute Gasteiger partial charge is 0.263 e. The van der Waals surface area contributed by atoms with E-state index in [4.69, 9.17) is 4.52 Å². The Morgan fingerprint density at radius 2 is 1.81 bits per heavy atom. The number of amides is 1. The van der Waals surface area contributed by atoms with Crippen molar-refractivity contribution in [3.8, 4) is 22.8 Å². The molecule has 0 atom stereocenters. The van der Waals surface area contributed by atoms with Crippen LogP contribution in [0.15, 0.2) is 70.1 Å². The van der Waals surface area contributed by atoms with Gasteiger partial charge in [0, 0.05) is 23.1 Å². The summed E-state index contributed by atoms with van der Waals surface area (Å²) in [5, 5.41) is 6.81. The zero-order chi connectivity index (χ0) is 25.4. The van der Waals surface area contributed by atoms with Crippen LogP contribution in [0.3, 0.4) is 0 Å². The number of carbonyl (C=O) groups excluding carboxylic acids is 1. The van der Waals surface area contributed by atoms with E-state index in [9.17, 15) is 18.4 Å². The van der Waals surface area contributed by atoms with Gasteiger partial charge in [-0.05, 0) is 67.9 Å². The number of aromatic nitrogens is 4. The lowest BCUT2D eigenvalue weighted by Crippen LogP contribution is -2.22. The predicted octanol–water partition coefficient (Wildman–Crippen LogP) is 4.65. The number of nitrogens with zero attached hydrogens (tertiary/aromatic N) is 4. The minimum Gasteiger partial charge on any atom is -0.333 e. The number of rotatable bonds is 5. The molecule has 0 radical (unpaired) electrons. The summed E-state index contributed by atoms with van der Waals surface area (Å²) in [7, 11) is 0. The van der Waals surface area contributed by atoms with Crippen molar-refractivity contribution in [2.24, 2.45) is 0 Å². The zero-order valence-electron chi connectivity index (χ0n) is 19.3. The lowest BCUT2D eigenvalue weighted by molar-refractivity contribution is -0.116. The van der Waals surface area contributed by atoms with E-state index >= 15 is 0 Å². The second kappa shape index (κ2) is 9.14. The van der Waals surface area contributed by atoms with Gasteiger partial charge in [-0.2, -0.15) is 4.98 Å². The van der Waals surface area contributed by atoms with Crippen molar-refractivity contribution in [1.29, 1.82) is 0 Å². The van der Waals surface area contributed by atoms with E-state index < -0.39 is 23.0 Å². The third kappa shape index (κ3) is 4.48. The molecule has 36 heavy (non-hydrogen) atoms. The number of pyridine rings is 2. The normalized spacial score (nSPS) is 11.1. The summed E-state index contributed by atoms with van der Waals surface area (Å²) >= 11 is 0. The Morgan fingerprint density at radius 3 is 2.56 bits per heavy atom. The molecule has 3 heterocycles. The van der Waals surface area contributed by atoms with E-state index in [1.807, 2.05) is 0 Å². The van der Waals surface area contributed by atoms with Crippen molar-refractivity contribution in [2.45, 2.75) is 20.4 Å². The van der Waals surface area contributed by atoms with Crippen LogP contribution in [-0.4, -0.2) is 25.6 Å². The van der Waals surface area contributed by atoms with Gasteiger partial charge in [-0.1, -0.05) is 11.2 Å². The molecule has 3 aromatic heterocycles. The number of halogens is 2. The van der Waals surface area contributed by atoms with Crippen LogP contribution in [0.5, 0.6) is 0 Å². The Labute approximate surface area is 203 Å². The number of carbonyl (C=O) groups is 1. The lowest BCUT2D eigenvalue weighted by Gasteiger charge is -2.13. The number of hydrogen-bond donors (Lipinski definition) is 1. The lowest BCUT2D eigenvalue weighted by atomic mass is 10.1. The molecule has 0 bridgehead atoms. The van der Waals surface area contributed by atoms with Crippen LogP contribution in [0.25, 0.3) is 33.9 Å². The highest BCUT2D eigenvalue weighted by Gasteiger charge is 2.19. The van der Waals surface area contributed by atoms with Gasteiger partial charge < -0.3 is 14.4 Å². The molecule has 5 rings (SSSR count). The fourth-order valence-electron chi connectivity index (χ4n) is 3.71. The third-order valence-electron chi connectivity index (χ3n) is 5.59. The van der Waals surface area contributed by atoms with Crippen molar-refractivity contribution in [1.82, 2.24) is 19.7 Å². The summed E-state index contributed by atoms with van der Waals surface area (Å²) in [4.78, 5) is 34.8. The number of anilines is 1. The Bertz CT molecular complexity index is 1680. The van der Waals surface area contributed by atoms with Gasteiger partial charge >= 0.3 is 0 Å². The molecular weight excluding hydrogens is 468 g/mol. The standard InChI is InChI=1S/C26H19F2N5O3/c1-14-3-9-18(11-21(14)28)30-22(34)13-33-12-20(23(35)19-10-4-15(2)29-25(19)33)26-31-24(32-36-26)16-5-7-17(27)8-6-16/h3-12H,13H2,1-2H3,(H,30,34). The van der Waals surface area contributed by atoms with Crippen LogP contribution in [0, 0.1) is 25.5 Å². The SMILES string of the molecule is Cc1ccc2c(=O)c(-c3nc(-c4ccc(F)cc4)no3)cn(CC(=O)Nc3ccc(C)c(F)c3)c2n1. The van der Waals surface area contributed by atoms with Gasteiger partial charge in [0.1, 0.15) is 29.4 Å². The molecule has 0 saturated carbocycles. The van der Waals surface area contributed by atoms with Crippen LogP contribution >= 0.6 is 0 Å². The van der Waals surface area contributed by atoms with E-state index in [0.29, 0.717) is 28.2 Å². The van der Waals surface area contributed by atoms with Gasteiger partial charge in [-0.25, -0.2) is 13.8 Å². The molecule has 2 aromatic carbocycles. The van der Waals surface area contributed by atoms with Gasteiger partial charge in [0.2, 0.25) is 17.2 Å². The fourth-order valence-corrected chi connectivity index (χ4v) is 3.71.